The number of piperidine rings is 1. The lowest BCUT2D eigenvalue weighted by Gasteiger charge is -2.33. The molecule has 108 valence electrons. The lowest BCUT2D eigenvalue weighted by atomic mass is 10.00. The van der Waals surface area contributed by atoms with E-state index in [4.69, 9.17) is 0 Å². The fraction of sp³-hybridized carbons (Fsp3) is 0.923. The summed E-state index contributed by atoms with van der Waals surface area (Å²) >= 11 is 0. The monoisotopic (exact) mass is 286 g/mol. The molecule has 0 radical (unpaired) electrons. The summed E-state index contributed by atoms with van der Waals surface area (Å²) in [4.78, 5) is 16.1. The van der Waals surface area contributed by atoms with Crippen LogP contribution in [-0.4, -0.2) is 61.4 Å². The molecule has 5 nitrogen and oxygen atoms in total. The Morgan fingerprint density at radius 1 is 1.05 bits per heavy atom. The molecule has 0 unspecified atom stereocenters. The van der Waals surface area contributed by atoms with Crippen LogP contribution in [0.2, 0.25) is 0 Å². The van der Waals surface area contributed by atoms with Crippen LogP contribution in [0.25, 0.3) is 0 Å². The first-order chi connectivity index (χ1) is 8.97. The fourth-order valence-electron chi connectivity index (χ4n) is 3.55. The van der Waals surface area contributed by atoms with Gasteiger partial charge in [0.25, 0.3) is 0 Å². The summed E-state index contributed by atoms with van der Waals surface area (Å²) in [5.41, 5.74) is 0. The SMILES string of the molecule is CC1CCN(C(=O)N2C[C@@H]3CCS(=O)(=O)[C@@H]3C2)CC1. The zero-order chi connectivity index (χ0) is 13.6. The van der Waals surface area contributed by atoms with Crippen LogP contribution in [0.15, 0.2) is 0 Å². The number of amides is 2. The smallest absolute Gasteiger partial charge is 0.320 e. The minimum atomic E-state index is -2.94. The molecule has 3 heterocycles. The normalized spacial score (nSPS) is 34.6. The van der Waals surface area contributed by atoms with Gasteiger partial charge in [-0.3, -0.25) is 0 Å². The first kappa shape index (κ1) is 13.2. The predicted octanol–water partition coefficient (Wildman–Crippen LogP) is 0.957. The van der Waals surface area contributed by atoms with Gasteiger partial charge in [0.2, 0.25) is 0 Å². The number of urea groups is 1. The number of hydrogen-bond donors (Lipinski definition) is 0. The molecule has 0 aromatic carbocycles. The van der Waals surface area contributed by atoms with Crippen LogP contribution in [0.4, 0.5) is 4.79 Å². The van der Waals surface area contributed by atoms with Gasteiger partial charge in [-0.1, -0.05) is 6.92 Å². The Labute approximate surface area is 114 Å². The van der Waals surface area contributed by atoms with Crippen molar-refractivity contribution in [3.05, 3.63) is 0 Å². The molecule has 3 fully saturated rings. The average Bonchev–Trinajstić information content (AvgIpc) is 2.91. The van der Waals surface area contributed by atoms with Crippen molar-refractivity contribution in [1.82, 2.24) is 9.80 Å². The lowest BCUT2D eigenvalue weighted by Crippen LogP contribution is -2.46. The zero-order valence-electron chi connectivity index (χ0n) is 11.4. The number of nitrogens with zero attached hydrogens (tertiary/aromatic N) is 2. The molecule has 0 aromatic heterocycles. The van der Waals surface area contributed by atoms with Crippen molar-refractivity contribution in [1.29, 1.82) is 0 Å². The highest BCUT2D eigenvalue weighted by Gasteiger charge is 2.48. The molecule has 3 saturated heterocycles. The highest BCUT2D eigenvalue weighted by molar-refractivity contribution is 7.92. The third-order valence-electron chi connectivity index (χ3n) is 4.94. The van der Waals surface area contributed by atoms with Gasteiger partial charge in [-0.05, 0) is 31.1 Å². The molecule has 0 aliphatic carbocycles. The summed E-state index contributed by atoms with van der Waals surface area (Å²) in [6.07, 6.45) is 2.85. The van der Waals surface area contributed by atoms with Gasteiger partial charge in [0, 0.05) is 26.2 Å². The Bertz CT molecular complexity index is 468. The summed E-state index contributed by atoms with van der Waals surface area (Å²) in [5.74, 6) is 1.19. The predicted molar refractivity (Wildman–Crippen MR) is 72.6 cm³/mol. The second-order valence-electron chi connectivity index (χ2n) is 6.31. The van der Waals surface area contributed by atoms with E-state index in [-0.39, 0.29) is 17.2 Å². The van der Waals surface area contributed by atoms with Crippen molar-refractivity contribution < 1.29 is 13.2 Å². The largest absolute Gasteiger partial charge is 0.325 e. The molecule has 0 aromatic rings. The fourth-order valence-corrected chi connectivity index (χ4v) is 5.70. The van der Waals surface area contributed by atoms with Crippen molar-refractivity contribution in [2.45, 2.75) is 31.4 Å². The summed E-state index contributed by atoms with van der Waals surface area (Å²) in [5, 5.41) is -0.292. The van der Waals surface area contributed by atoms with Gasteiger partial charge in [0.1, 0.15) is 0 Å². The number of fused-ring (bicyclic) bond motifs is 1. The number of sulfone groups is 1. The van der Waals surface area contributed by atoms with Crippen molar-refractivity contribution in [2.24, 2.45) is 11.8 Å². The Morgan fingerprint density at radius 2 is 1.74 bits per heavy atom. The van der Waals surface area contributed by atoms with Gasteiger partial charge in [-0.25, -0.2) is 13.2 Å². The first-order valence-electron chi connectivity index (χ1n) is 7.23. The summed E-state index contributed by atoms with van der Waals surface area (Å²) in [6.45, 7) is 4.90. The van der Waals surface area contributed by atoms with E-state index in [1.165, 1.54) is 0 Å². The van der Waals surface area contributed by atoms with Crippen LogP contribution in [0.3, 0.4) is 0 Å². The lowest BCUT2D eigenvalue weighted by molar-refractivity contribution is 0.141. The molecular weight excluding hydrogens is 264 g/mol. The second-order valence-corrected chi connectivity index (χ2v) is 8.65. The number of carbonyl (C=O) groups excluding carboxylic acids is 1. The van der Waals surface area contributed by atoms with Crippen molar-refractivity contribution in [3.63, 3.8) is 0 Å². The molecule has 2 atom stereocenters. The first-order valence-corrected chi connectivity index (χ1v) is 8.94. The van der Waals surface area contributed by atoms with Crippen molar-refractivity contribution in [3.8, 4) is 0 Å². The van der Waals surface area contributed by atoms with E-state index in [9.17, 15) is 13.2 Å². The highest BCUT2D eigenvalue weighted by atomic mass is 32.2. The number of likely N-dealkylation sites (tertiary alicyclic amines) is 2. The molecule has 19 heavy (non-hydrogen) atoms. The summed E-state index contributed by atoms with van der Waals surface area (Å²) in [7, 11) is -2.94. The Balaban J connectivity index is 1.64. The van der Waals surface area contributed by atoms with Gasteiger partial charge < -0.3 is 9.80 Å². The van der Waals surface area contributed by atoms with Gasteiger partial charge >= 0.3 is 6.03 Å². The Kier molecular flexibility index (Phi) is 3.23. The van der Waals surface area contributed by atoms with Crippen LogP contribution >= 0.6 is 0 Å². The van der Waals surface area contributed by atoms with Gasteiger partial charge in [-0.15, -0.1) is 0 Å². The zero-order valence-corrected chi connectivity index (χ0v) is 12.2. The van der Waals surface area contributed by atoms with Crippen LogP contribution in [0.1, 0.15) is 26.2 Å². The topological polar surface area (TPSA) is 57.7 Å². The third-order valence-corrected chi connectivity index (χ3v) is 7.20. The maximum atomic E-state index is 12.4. The van der Waals surface area contributed by atoms with Crippen LogP contribution in [0, 0.1) is 11.8 Å². The average molecular weight is 286 g/mol. The Hall–Kier alpha value is -0.780. The molecule has 0 N–H and O–H groups in total. The van der Waals surface area contributed by atoms with Gasteiger partial charge in [0.05, 0.1) is 11.0 Å². The van der Waals surface area contributed by atoms with Crippen LogP contribution < -0.4 is 0 Å². The Morgan fingerprint density at radius 3 is 2.37 bits per heavy atom. The van der Waals surface area contributed by atoms with E-state index in [0.29, 0.717) is 24.8 Å². The minimum absolute atomic E-state index is 0.0523. The maximum absolute atomic E-state index is 12.4. The van der Waals surface area contributed by atoms with Gasteiger partial charge in [-0.2, -0.15) is 0 Å². The standard InChI is InChI=1S/C13H22N2O3S/c1-10-2-5-14(6-3-10)13(16)15-8-11-4-7-19(17,18)12(11)9-15/h10-12H,2-9H2,1H3/t11-,12+/m0/s1. The van der Waals surface area contributed by atoms with E-state index >= 15 is 0 Å². The second kappa shape index (κ2) is 4.65. The highest BCUT2D eigenvalue weighted by Crippen LogP contribution is 2.34. The number of hydrogen-bond acceptors (Lipinski definition) is 3. The van der Waals surface area contributed by atoms with Crippen LogP contribution in [0.5, 0.6) is 0 Å². The van der Waals surface area contributed by atoms with Gasteiger partial charge in [0.15, 0.2) is 9.84 Å². The van der Waals surface area contributed by atoms with E-state index in [2.05, 4.69) is 6.92 Å². The minimum Gasteiger partial charge on any atom is -0.325 e. The van der Waals surface area contributed by atoms with Crippen molar-refractivity contribution >= 4 is 15.9 Å². The van der Waals surface area contributed by atoms with E-state index in [1.807, 2.05) is 4.90 Å². The molecule has 3 rings (SSSR count). The van der Waals surface area contributed by atoms with Crippen molar-refractivity contribution in [2.75, 3.05) is 31.9 Å². The van der Waals surface area contributed by atoms with Crippen LogP contribution in [-0.2, 0) is 9.84 Å². The quantitative estimate of drug-likeness (QED) is 0.666. The van der Waals surface area contributed by atoms with E-state index < -0.39 is 9.84 Å². The molecule has 6 heteroatoms. The molecule has 0 bridgehead atoms. The summed E-state index contributed by atoms with van der Waals surface area (Å²) < 4.78 is 23.8. The third kappa shape index (κ3) is 2.35. The molecule has 0 saturated carbocycles. The molecular formula is C13H22N2O3S. The summed E-state index contributed by atoms with van der Waals surface area (Å²) in [6, 6.07) is 0.0523. The maximum Gasteiger partial charge on any atom is 0.320 e. The number of rotatable bonds is 0. The molecule has 0 spiro atoms. The van der Waals surface area contributed by atoms with E-state index in [1.54, 1.807) is 4.90 Å². The molecule has 2 amide bonds. The molecule has 3 aliphatic rings. The molecule has 3 aliphatic heterocycles. The number of carbonyl (C=O) groups is 1. The van der Waals surface area contributed by atoms with E-state index in [0.717, 1.165) is 32.4 Å².